The summed E-state index contributed by atoms with van der Waals surface area (Å²) < 4.78 is 5.34. The van der Waals surface area contributed by atoms with Gasteiger partial charge >= 0.3 is 0 Å². The number of hydrogen-bond acceptors (Lipinski definition) is 4. The van der Waals surface area contributed by atoms with Crippen molar-refractivity contribution in [2.45, 2.75) is 6.04 Å². The average molecular weight is 265 g/mol. The molecule has 0 amide bonds. The lowest BCUT2D eigenvalue weighted by Gasteiger charge is -2.17. The molecule has 3 aromatic rings. The number of ether oxygens (including phenoxy) is 1. The van der Waals surface area contributed by atoms with Crippen LogP contribution in [0.3, 0.4) is 0 Å². The molecular formula is C16H15N3O. The van der Waals surface area contributed by atoms with Gasteiger partial charge in [-0.1, -0.05) is 18.2 Å². The fraction of sp³-hybridized carbons (Fsp3) is 0.125. The highest BCUT2D eigenvalue weighted by Crippen LogP contribution is 2.30. The van der Waals surface area contributed by atoms with Gasteiger partial charge in [0.25, 0.3) is 0 Å². The van der Waals surface area contributed by atoms with Crippen LogP contribution < -0.4 is 10.5 Å². The molecule has 1 aromatic carbocycles. The van der Waals surface area contributed by atoms with Crippen LogP contribution in [0.5, 0.6) is 5.75 Å². The maximum atomic E-state index is 6.42. The van der Waals surface area contributed by atoms with Crippen LogP contribution in [0.1, 0.15) is 17.2 Å². The van der Waals surface area contributed by atoms with Crippen LogP contribution in [0.4, 0.5) is 0 Å². The van der Waals surface area contributed by atoms with Crippen LogP contribution in [0.15, 0.2) is 55.0 Å². The number of benzene rings is 1. The summed E-state index contributed by atoms with van der Waals surface area (Å²) in [7, 11) is 1.62. The van der Waals surface area contributed by atoms with Gasteiger partial charge in [0.1, 0.15) is 5.75 Å². The molecule has 2 N–H and O–H groups in total. The first-order valence-electron chi connectivity index (χ1n) is 6.38. The summed E-state index contributed by atoms with van der Waals surface area (Å²) in [4.78, 5) is 8.42. The summed E-state index contributed by atoms with van der Waals surface area (Å²) in [5, 5.41) is 1.06. The Morgan fingerprint density at radius 1 is 1.05 bits per heavy atom. The number of methoxy groups -OCH3 is 1. The van der Waals surface area contributed by atoms with Crippen molar-refractivity contribution in [2.24, 2.45) is 5.73 Å². The van der Waals surface area contributed by atoms with Gasteiger partial charge < -0.3 is 10.5 Å². The third kappa shape index (κ3) is 2.10. The summed E-state index contributed by atoms with van der Waals surface area (Å²) in [6, 6.07) is 11.5. The van der Waals surface area contributed by atoms with E-state index in [1.165, 1.54) is 0 Å². The van der Waals surface area contributed by atoms with E-state index >= 15 is 0 Å². The third-order valence-electron chi connectivity index (χ3n) is 3.39. The zero-order valence-electron chi connectivity index (χ0n) is 11.2. The van der Waals surface area contributed by atoms with Crippen LogP contribution in [-0.4, -0.2) is 17.1 Å². The lowest BCUT2D eigenvalue weighted by Crippen LogP contribution is -2.13. The maximum Gasteiger partial charge on any atom is 0.142 e. The molecule has 0 fully saturated rings. The largest absolute Gasteiger partial charge is 0.495 e. The molecule has 100 valence electrons. The molecule has 2 aromatic heterocycles. The Morgan fingerprint density at radius 2 is 1.95 bits per heavy atom. The predicted octanol–water partition coefficient (Wildman–Crippen LogP) is 2.69. The Balaban J connectivity index is 2.15. The SMILES string of the molecule is COc1cnccc1C(N)c1cccc2ncccc12. The molecule has 0 bridgehead atoms. The van der Waals surface area contributed by atoms with Crippen LogP contribution in [0.2, 0.25) is 0 Å². The molecule has 0 spiro atoms. The first kappa shape index (κ1) is 12.6. The molecule has 0 saturated carbocycles. The fourth-order valence-electron chi connectivity index (χ4n) is 2.38. The highest BCUT2D eigenvalue weighted by molar-refractivity contribution is 5.83. The van der Waals surface area contributed by atoms with Gasteiger partial charge in [-0.2, -0.15) is 0 Å². The van der Waals surface area contributed by atoms with E-state index in [0.717, 1.165) is 22.0 Å². The number of rotatable bonds is 3. The second kappa shape index (κ2) is 5.27. The molecule has 0 radical (unpaired) electrons. The van der Waals surface area contributed by atoms with E-state index in [0.29, 0.717) is 5.75 Å². The maximum absolute atomic E-state index is 6.42. The summed E-state index contributed by atoms with van der Waals surface area (Å²) in [5.74, 6) is 0.695. The van der Waals surface area contributed by atoms with E-state index in [4.69, 9.17) is 10.5 Å². The molecule has 1 atom stereocenters. The number of fused-ring (bicyclic) bond motifs is 1. The van der Waals surface area contributed by atoms with E-state index in [9.17, 15) is 0 Å². The van der Waals surface area contributed by atoms with E-state index < -0.39 is 0 Å². The lowest BCUT2D eigenvalue weighted by molar-refractivity contribution is 0.406. The van der Waals surface area contributed by atoms with E-state index in [-0.39, 0.29) is 6.04 Å². The van der Waals surface area contributed by atoms with Gasteiger partial charge in [0.15, 0.2) is 0 Å². The third-order valence-corrected chi connectivity index (χ3v) is 3.39. The van der Waals surface area contributed by atoms with E-state index in [2.05, 4.69) is 9.97 Å². The minimum Gasteiger partial charge on any atom is -0.495 e. The zero-order chi connectivity index (χ0) is 13.9. The van der Waals surface area contributed by atoms with Crippen molar-refractivity contribution < 1.29 is 4.74 Å². The predicted molar refractivity (Wildman–Crippen MR) is 78.6 cm³/mol. The van der Waals surface area contributed by atoms with Crippen LogP contribution in [0.25, 0.3) is 10.9 Å². The van der Waals surface area contributed by atoms with Crippen LogP contribution >= 0.6 is 0 Å². The quantitative estimate of drug-likeness (QED) is 0.791. The molecule has 0 aliphatic heterocycles. The Bertz CT molecular complexity index is 737. The van der Waals surface area contributed by atoms with Crippen LogP contribution in [0, 0.1) is 0 Å². The molecule has 1 unspecified atom stereocenters. The monoisotopic (exact) mass is 265 g/mol. The normalized spacial score (nSPS) is 12.3. The molecular weight excluding hydrogens is 250 g/mol. The summed E-state index contributed by atoms with van der Waals surface area (Å²) in [5.41, 5.74) is 9.31. The number of nitrogens with zero attached hydrogens (tertiary/aromatic N) is 2. The number of nitrogens with two attached hydrogens (primary N) is 1. The van der Waals surface area contributed by atoms with Crippen molar-refractivity contribution in [3.63, 3.8) is 0 Å². The molecule has 0 aliphatic carbocycles. The van der Waals surface area contributed by atoms with Crippen molar-refractivity contribution >= 4 is 10.9 Å². The summed E-state index contributed by atoms with van der Waals surface area (Å²) in [6.45, 7) is 0. The molecule has 3 rings (SSSR count). The first-order valence-corrected chi connectivity index (χ1v) is 6.38. The van der Waals surface area contributed by atoms with Crippen molar-refractivity contribution in [1.29, 1.82) is 0 Å². The van der Waals surface area contributed by atoms with Crippen molar-refractivity contribution in [2.75, 3.05) is 7.11 Å². The zero-order valence-corrected chi connectivity index (χ0v) is 11.2. The van der Waals surface area contributed by atoms with Crippen molar-refractivity contribution in [3.05, 3.63) is 66.1 Å². The second-order valence-electron chi connectivity index (χ2n) is 4.51. The smallest absolute Gasteiger partial charge is 0.142 e. The molecule has 0 saturated heterocycles. The molecule has 4 nitrogen and oxygen atoms in total. The fourth-order valence-corrected chi connectivity index (χ4v) is 2.38. The Kier molecular flexibility index (Phi) is 3.31. The number of hydrogen-bond donors (Lipinski definition) is 1. The number of pyridine rings is 2. The molecule has 4 heteroatoms. The minimum absolute atomic E-state index is 0.277. The van der Waals surface area contributed by atoms with Crippen molar-refractivity contribution in [1.82, 2.24) is 9.97 Å². The topological polar surface area (TPSA) is 61.0 Å². The molecule has 20 heavy (non-hydrogen) atoms. The first-order chi connectivity index (χ1) is 9.81. The Labute approximate surface area is 117 Å². The Morgan fingerprint density at radius 3 is 2.80 bits per heavy atom. The standard InChI is InChI=1S/C16H15N3O/c1-20-15-10-18-9-7-13(15)16(17)12-4-2-6-14-11(12)5-3-8-19-14/h2-10,16H,17H2,1H3. The second-order valence-corrected chi connectivity index (χ2v) is 4.51. The summed E-state index contributed by atoms with van der Waals surface area (Å²) in [6.07, 6.45) is 5.18. The van der Waals surface area contributed by atoms with E-state index in [1.807, 2.05) is 36.4 Å². The number of aromatic nitrogens is 2. The van der Waals surface area contributed by atoms with Gasteiger partial charge in [-0.3, -0.25) is 9.97 Å². The van der Waals surface area contributed by atoms with Gasteiger partial charge in [-0.15, -0.1) is 0 Å². The highest BCUT2D eigenvalue weighted by Gasteiger charge is 2.16. The lowest BCUT2D eigenvalue weighted by atomic mass is 9.96. The molecule has 0 aliphatic rings. The van der Waals surface area contributed by atoms with Crippen LogP contribution in [-0.2, 0) is 0 Å². The van der Waals surface area contributed by atoms with Gasteiger partial charge in [-0.05, 0) is 23.8 Å². The van der Waals surface area contributed by atoms with E-state index in [1.54, 1.807) is 25.7 Å². The average Bonchev–Trinajstić information content (AvgIpc) is 2.53. The van der Waals surface area contributed by atoms with Gasteiger partial charge in [0.2, 0.25) is 0 Å². The Hall–Kier alpha value is -2.46. The summed E-state index contributed by atoms with van der Waals surface area (Å²) >= 11 is 0. The molecule has 2 heterocycles. The van der Waals surface area contributed by atoms with Crippen molar-refractivity contribution in [3.8, 4) is 5.75 Å². The van der Waals surface area contributed by atoms with Gasteiger partial charge in [-0.25, -0.2) is 0 Å². The minimum atomic E-state index is -0.277. The highest BCUT2D eigenvalue weighted by atomic mass is 16.5. The van der Waals surface area contributed by atoms with Gasteiger partial charge in [0.05, 0.1) is 24.9 Å². The van der Waals surface area contributed by atoms with Gasteiger partial charge in [0, 0.05) is 23.3 Å².